The van der Waals surface area contributed by atoms with E-state index in [2.05, 4.69) is 36.4 Å². The Bertz CT molecular complexity index is 668. The molecule has 0 aliphatic heterocycles. The third-order valence-corrected chi connectivity index (χ3v) is 2.93. The molecule has 1 aromatic carbocycles. The smallest absolute Gasteiger partial charge is 0.335 e. The Hall–Kier alpha value is -2.22. The number of H-pyrrole nitrogens is 1. The largest absolute Gasteiger partial charge is 0.478 e. The molecule has 7 nitrogen and oxygen atoms in total. The predicted molar refractivity (Wildman–Crippen MR) is 74.8 cm³/mol. The van der Waals surface area contributed by atoms with E-state index in [1.807, 2.05) is 6.92 Å². The summed E-state index contributed by atoms with van der Waals surface area (Å²) < 4.78 is 0.553. The molecule has 0 atom stereocenters. The normalized spacial score (nSPS) is 10.3. The molecule has 1 aromatic heterocycles. The maximum absolute atomic E-state index is 11.9. The van der Waals surface area contributed by atoms with E-state index in [-0.39, 0.29) is 11.4 Å². The van der Waals surface area contributed by atoms with Crippen molar-refractivity contribution in [3.05, 3.63) is 39.9 Å². The second kappa shape index (κ2) is 5.83. The summed E-state index contributed by atoms with van der Waals surface area (Å²) in [6.45, 7) is 1.88. The Morgan fingerprint density at radius 3 is 2.75 bits per heavy atom. The Morgan fingerprint density at radius 2 is 2.15 bits per heavy atom. The molecule has 3 N–H and O–H groups in total. The number of anilines is 1. The Labute approximate surface area is 122 Å². The van der Waals surface area contributed by atoms with Gasteiger partial charge in [-0.25, -0.2) is 9.78 Å². The number of hydrogen-bond acceptors (Lipinski definition) is 4. The number of carbonyl (C=O) groups excluding carboxylic acids is 1. The molecule has 0 unspecified atom stereocenters. The van der Waals surface area contributed by atoms with Gasteiger partial charge < -0.3 is 10.4 Å². The minimum absolute atomic E-state index is 0.0127. The van der Waals surface area contributed by atoms with E-state index in [9.17, 15) is 9.59 Å². The maximum atomic E-state index is 11.9. The van der Waals surface area contributed by atoms with Crippen LogP contribution in [0, 0.1) is 0 Å². The third-order valence-electron chi connectivity index (χ3n) is 2.47. The van der Waals surface area contributed by atoms with Gasteiger partial charge in [-0.1, -0.05) is 22.9 Å². The molecule has 104 valence electrons. The highest BCUT2D eigenvalue weighted by Crippen LogP contribution is 2.20. The van der Waals surface area contributed by atoms with Crippen molar-refractivity contribution in [2.75, 3.05) is 5.32 Å². The van der Waals surface area contributed by atoms with Crippen LogP contribution in [0.15, 0.2) is 22.7 Å². The van der Waals surface area contributed by atoms with Crippen molar-refractivity contribution in [2.24, 2.45) is 0 Å². The van der Waals surface area contributed by atoms with Crippen LogP contribution >= 0.6 is 15.9 Å². The van der Waals surface area contributed by atoms with Gasteiger partial charge in [-0.2, -0.15) is 0 Å². The van der Waals surface area contributed by atoms with E-state index in [0.29, 0.717) is 22.4 Å². The van der Waals surface area contributed by atoms with Crippen LogP contribution in [-0.4, -0.2) is 32.2 Å². The number of aryl methyl sites for hydroxylation is 1. The number of carboxylic acids is 1. The van der Waals surface area contributed by atoms with Crippen molar-refractivity contribution in [1.82, 2.24) is 15.2 Å². The van der Waals surface area contributed by atoms with E-state index in [1.165, 1.54) is 12.1 Å². The first-order chi connectivity index (χ1) is 9.49. The van der Waals surface area contributed by atoms with Crippen molar-refractivity contribution < 1.29 is 14.7 Å². The third kappa shape index (κ3) is 3.21. The van der Waals surface area contributed by atoms with Crippen LogP contribution in [0.5, 0.6) is 0 Å². The zero-order valence-electron chi connectivity index (χ0n) is 10.5. The maximum Gasteiger partial charge on any atom is 0.335 e. The molecule has 8 heteroatoms. The van der Waals surface area contributed by atoms with Crippen LogP contribution < -0.4 is 5.32 Å². The number of benzene rings is 1. The van der Waals surface area contributed by atoms with Crippen LogP contribution in [0.3, 0.4) is 0 Å². The first-order valence-corrected chi connectivity index (χ1v) is 6.55. The average molecular weight is 339 g/mol. The van der Waals surface area contributed by atoms with Gasteiger partial charge in [0.1, 0.15) is 5.82 Å². The fourth-order valence-corrected chi connectivity index (χ4v) is 2.02. The van der Waals surface area contributed by atoms with Gasteiger partial charge in [-0.15, -0.1) is 5.10 Å². The molecule has 1 amide bonds. The number of halogens is 1. The molecule has 0 aliphatic carbocycles. The first kappa shape index (κ1) is 14.2. The Balaban J connectivity index is 2.21. The molecule has 0 fully saturated rings. The van der Waals surface area contributed by atoms with Crippen LogP contribution in [0.2, 0.25) is 0 Å². The molecule has 0 aliphatic rings. The summed E-state index contributed by atoms with van der Waals surface area (Å²) in [4.78, 5) is 26.9. The Morgan fingerprint density at radius 1 is 1.40 bits per heavy atom. The lowest BCUT2D eigenvalue weighted by Crippen LogP contribution is -2.14. The second-order valence-electron chi connectivity index (χ2n) is 3.95. The molecule has 0 spiro atoms. The number of carbonyl (C=O) groups is 2. The van der Waals surface area contributed by atoms with E-state index in [4.69, 9.17) is 5.11 Å². The summed E-state index contributed by atoms with van der Waals surface area (Å²) in [5, 5.41) is 17.9. The van der Waals surface area contributed by atoms with E-state index in [0.717, 1.165) is 0 Å². The highest BCUT2D eigenvalue weighted by Gasteiger charge is 2.13. The van der Waals surface area contributed by atoms with Crippen LogP contribution in [0.4, 0.5) is 5.69 Å². The van der Waals surface area contributed by atoms with Crippen LogP contribution in [-0.2, 0) is 6.42 Å². The fraction of sp³-hybridized carbons (Fsp3) is 0.167. The summed E-state index contributed by atoms with van der Waals surface area (Å²) in [7, 11) is 0. The van der Waals surface area contributed by atoms with Crippen molar-refractivity contribution in [1.29, 1.82) is 0 Å². The number of aromatic carboxylic acids is 1. The van der Waals surface area contributed by atoms with Crippen molar-refractivity contribution >= 4 is 33.5 Å². The minimum atomic E-state index is -1.08. The molecule has 2 aromatic rings. The molecule has 0 bridgehead atoms. The molecule has 1 heterocycles. The van der Waals surface area contributed by atoms with Gasteiger partial charge >= 0.3 is 5.97 Å². The average Bonchev–Trinajstić information content (AvgIpc) is 2.86. The highest BCUT2D eigenvalue weighted by molar-refractivity contribution is 9.10. The zero-order chi connectivity index (χ0) is 14.7. The number of aromatic nitrogens is 3. The summed E-state index contributed by atoms with van der Waals surface area (Å²) in [6, 6.07) is 4.40. The standard InChI is InChI=1S/C12H11BrN4O3/c1-2-9-15-10(17-16-9)11(18)14-8-4-6(12(19)20)3-7(13)5-8/h3-5H,2H2,1H3,(H,14,18)(H,19,20)(H,15,16,17). The van der Waals surface area contributed by atoms with E-state index >= 15 is 0 Å². The highest BCUT2D eigenvalue weighted by atomic mass is 79.9. The number of aromatic amines is 1. The SMILES string of the molecule is CCc1nc(C(=O)Nc2cc(Br)cc(C(=O)O)c2)n[nH]1. The van der Waals surface area contributed by atoms with E-state index in [1.54, 1.807) is 6.07 Å². The van der Waals surface area contributed by atoms with Crippen molar-refractivity contribution in [3.8, 4) is 0 Å². The van der Waals surface area contributed by atoms with Crippen molar-refractivity contribution in [3.63, 3.8) is 0 Å². The molecular weight excluding hydrogens is 328 g/mol. The number of hydrogen-bond donors (Lipinski definition) is 3. The van der Waals surface area contributed by atoms with Gasteiger partial charge in [0.25, 0.3) is 5.91 Å². The van der Waals surface area contributed by atoms with Crippen molar-refractivity contribution in [2.45, 2.75) is 13.3 Å². The van der Waals surface area contributed by atoms with Gasteiger partial charge in [-0.3, -0.25) is 9.89 Å². The molecule has 0 saturated heterocycles. The number of nitrogens with one attached hydrogen (secondary N) is 2. The van der Waals surface area contributed by atoms with Crippen LogP contribution in [0.25, 0.3) is 0 Å². The lowest BCUT2D eigenvalue weighted by atomic mass is 10.2. The Kier molecular flexibility index (Phi) is 4.14. The van der Waals surface area contributed by atoms with Gasteiger partial charge in [0, 0.05) is 16.6 Å². The summed E-state index contributed by atoms with van der Waals surface area (Å²) in [6.07, 6.45) is 0.639. The summed E-state index contributed by atoms with van der Waals surface area (Å²) in [5.74, 6) is -0.960. The summed E-state index contributed by atoms with van der Waals surface area (Å²) in [5.41, 5.74) is 0.420. The summed E-state index contributed by atoms with van der Waals surface area (Å²) >= 11 is 3.19. The second-order valence-corrected chi connectivity index (χ2v) is 4.86. The molecule has 2 rings (SSSR count). The van der Waals surface area contributed by atoms with Gasteiger partial charge in [0.15, 0.2) is 0 Å². The number of rotatable bonds is 4. The van der Waals surface area contributed by atoms with E-state index < -0.39 is 11.9 Å². The number of amides is 1. The lowest BCUT2D eigenvalue weighted by Gasteiger charge is -2.05. The molecule has 0 radical (unpaired) electrons. The first-order valence-electron chi connectivity index (χ1n) is 5.76. The molecule has 0 saturated carbocycles. The molecular formula is C12H11BrN4O3. The number of nitrogens with zero attached hydrogens (tertiary/aromatic N) is 2. The quantitative estimate of drug-likeness (QED) is 0.790. The minimum Gasteiger partial charge on any atom is -0.478 e. The van der Waals surface area contributed by atoms with Gasteiger partial charge in [0.05, 0.1) is 5.56 Å². The zero-order valence-corrected chi connectivity index (χ0v) is 12.1. The molecule has 20 heavy (non-hydrogen) atoms. The van der Waals surface area contributed by atoms with Crippen LogP contribution in [0.1, 0.15) is 33.7 Å². The fourth-order valence-electron chi connectivity index (χ4n) is 1.53. The lowest BCUT2D eigenvalue weighted by molar-refractivity contribution is 0.0696. The van der Waals surface area contributed by atoms with Gasteiger partial charge in [-0.05, 0) is 18.2 Å². The number of carboxylic acid groups (broad SMARTS) is 1. The predicted octanol–water partition coefficient (Wildman–Crippen LogP) is 2.08. The topological polar surface area (TPSA) is 108 Å². The monoisotopic (exact) mass is 338 g/mol. The van der Waals surface area contributed by atoms with Gasteiger partial charge in [0.2, 0.25) is 5.82 Å².